The van der Waals surface area contributed by atoms with Crippen LogP contribution in [0.3, 0.4) is 0 Å². The number of nitrogens with one attached hydrogen (secondary N) is 1. The Morgan fingerprint density at radius 3 is 2.50 bits per heavy atom. The minimum absolute atomic E-state index is 0.770. The van der Waals surface area contributed by atoms with Gasteiger partial charge in [0, 0.05) is 18.6 Å². The molecule has 0 spiro atoms. The van der Waals surface area contributed by atoms with Crippen molar-refractivity contribution in [2.24, 2.45) is 5.92 Å². The van der Waals surface area contributed by atoms with Crippen molar-refractivity contribution in [1.82, 2.24) is 10.2 Å². The molecule has 2 nitrogen and oxygen atoms in total. The van der Waals surface area contributed by atoms with Crippen LogP contribution in [0.4, 0.5) is 0 Å². The van der Waals surface area contributed by atoms with Gasteiger partial charge in [0.05, 0.1) is 0 Å². The van der Waals surface area contributed by atoms with Crippen LogP contribution in [-0.4, -0.2) is 36.6 Å². The van der Waals surface area contributed by atoms with Gasteiger partial charge in [0.1, 0.15) is 0 Å². The monoisotopic (exact) mass is 222 g/mol. The van der Waals surface area contributed by atoms with Crippen LogP contribution in [0, 0.1) is 5.92 Å². The number of rotatable bonds is 6. The number of nitrogens with zero attached hydrogens (tertiary/aromatic N) is 1. The van der Waals surface area contributed by atoms with Crippen molar-refractivity contribution < 1.29 is 0 Å². The van der Waals surface area contributed by atoms with E-state index in [2.05, 4.69) is 23.7 Å². The summed E-state index contributed by atoms with van der Waals surface area (Å²) in [6.07, 6.45) is 8.88. The number of piperidine rings is 1. The molecule has 1 heterocycles. The molecule has 1 unspecified atom stereocenters. The third-order valence-corrected chi connectivity index (χ3v) is 4.06. The summed E-state index contributed by atoms with van der Waals surface area (Å²) in [6, 6.07) is 1.57. The van der Waals surface area contributed by atoms with Gasteiger partial charge in [0.15, 0.2) is 0 Å². The lowest BCUT2D eigenvalue weighted by molar-refractivity contribution is 0.202. The van der Waals surface area contributed by atoms with Crippen molar-refractivity contribution in [2.45, 2.75) is 51.1 Å². The van der Waals surface area contributed by atoms with Crippen LogP contribution in [0.5, 0.6) is 0 Å². The van der Waals surface area contributed by atoms with Crippen LogP contribution in [0.1, 0.15) is 39.0 Å². The van der Waals surface area contributed by atoms with E-state index in [0.29, 0.717) is 0 Å². The van der Waals surface area contributed by atoms with E-state index in [1.807, 2.05) is 6.08 Å². The van der Waals surface area contributed by atoms with Gasteiger partial charge < -0.3 is 5.32 Å². The quantitative estimate of drug-likeness (QED) is 0.694. The summed E-state index contributed by atoms with van der Waals surface area (Å²) in [6.45, 7) is 9.68. The molecule has 1 aliphatic carbocycles. The maximum Gasteiger partial charge on any atom is 0.0160 e. The number of hydrogen-bond donors (Lipinski definition) is 1. The molecule has 0 bridgehead atoms. The summed E-state index contributed by atoms with van der Waals surface area (Å²) < 4.78 is 0. The molecule has 0 radical (unpaired) electrons. The maximum atomic E-state index is 3.88. The van der Waals surface area contributed by atoms with Crippen LogP contribution in [0.25, 0.3) is 0 Å². The highest BCUT2D eigenvalue weighted by Gasteiger charge is 2.31. The van der Waals surface area contributed by atoms with Gasteiger partial charge >= 0.3 is 0 Å². The first-order chi connectivity index (χ1) is 7.83. The van der Waals surface area contributed by atoms with Gasteiger partial charge in [0.2, 0.25) is 0 Å². The molecule has 2 rings (SSSR count). The van der Waals surface area contributed by atoms with E-state index in [1.165, 1.54) is 45.2 Å². The molecule has 0 aromatic heterocycles. The van der Waals surface area contributed by atoms with Crippen molar-refractivity contribution in [1.29, 1.82) is 0 Å². The molecule has 1 saturated carbocycles. The van der Waals surface area contributed by atoms with Gasteiger partial charge in [-0.25, -0.2) is 0 Å². The lowest BCUT2D eigenvalue weighted by atomic mass is 10.0. The Hall–Kier alpha value is -0.340. The Bertz CT molecular complexity index is 215. The normalized spacial score (nSPS) is 25.6. The van der Waals surface area contributed by atoms with E-state index in [1.54, 1.807) is 0 Å². The van der Waals surface area contributed by atoms with E-state index in [0.717, 1.165) is 24.5 Å². The lowest BCUT2D eigenvalue weighted by Gasteiger charge is -2.34. The Morgan fingerprint density at radius 2 is 2.00 bits per heavy atom. The topological polar surface area (TPSA) is 15.3 Å². The third kappa shape index (κ3) is 3.33. The fourth-order valence-electron chi connectivity index (χ4n) is 2.85. The molecular weight excluding hydrogens is 196 g/mol. The third-order valence-electron chi connectivity index (χ3n) is 4.06. The van der Waals surface area contributed by atoms with E-state index in [4.69, 9.17) is 0 Å². The minimum Gasteiger partial charge on any atom is -0.311 e. The molecule has 2 heteroatoms. The maximum absolute atomic E-state index is 3.88. The van der Waals surface area contributed by atoms with Gasteiger partial charge in [-0.05, 0) is 51.1 Å². The summed E-state index contributed by atoms with van der Waals surface area (Å²) in [4.78, 5) is 2.50. The van der Waals surface area contributed by atoms with Crippen LogP contribution >= 0.6 is 0 Å². The second-order valence-corrected chi connectivity index (χ2v) is 5.38. The molecule has 1 saturated heterocycles. The molecule has 16 heavy (non-hydrogen) atoms. The first-order valence-corrected chi connectivity index (χ1v) is 6.92. The highest BCUT2D eigenvalue weighted by molar-refractivity contribution is 4.89. The van der Waals surface area contributed by atoms with Crippen LogP contribution in [0.2, 0.25) is 0 Å². The predicted molar refractivity (Wildman–Crippen MR) is 69.6 cm³/mol. The van der Waals surface area contributed by atoms with Crippen molar-refractivity contribution >= 4 is 0 Å². The zero-order valence-corrected chi connectivity index (χ0v) is 10.6. The average molecular weight is 222 g/mol. The molecule has 1 aliphatic heterocycles. The summed E-state index contributed by atoms with van der Waals surface area (Å²) in [7, 11) is 0. The van der Waals surface area contributed by atoms with Gasteiger partial charge in [-0.1, -0.05) is 13.0 Å². The first kappa shape index (κ1) is 12.1. The molecule has 1 atom stereocenters. The molecule has 0 aromatic rings. The largest absolute Gasteiger partial charge is 0.311 e. The van der Waals surface area contributed by atoms with Crippen LogP contribution in [0.15, 0.2) is 12.7 Å². The molecule has 0 aromatic carbocycles. The van der Waals surface area contributed by atoms with Crippen LogP contribution < -0.4 is 5.32 Å². The molecule has 92 valence electrons. The zero-order chi connectivity index (χ0) is 11.4. The summed E-state index contributed by atoms with van der Waals surface area (Å²) in [5, 5.41) is 3.88. The van der Waals surface area contributed by atoms with Gasteiger partial charge in [-0.3, -0.25) is 4.90 Å². The zero-order valence-electron chi connectivity index (χ0n) is 10.6. The predicted octanol–water partition coefficient (Wildman–Crippen LogP) is 2.42. The fraction of sp³-hybridized carbons (Fsp3) is 0.857. The summed E-state index contributed by atoms with van der Waals surface area (Å²) >= 11 is 0. The van der Waals surface area contributed by atoms with E-state index in [9.17, 15) is 0 Å². The van der Waals surface area contributed by atoms with Gasteiger partial charge in [0.25, 0.3) is 0 Å². The molecule has 2 aliphatic rings. The Kier molecular flexibility index (Phi) is 4.42. The fourth-order valence-corrected chi connectivity index (χ4v) is 2.85. The highest BCUT2D eigenvalue weighted by Crippen LogP contribution is 2.34. The number of likely N-dealkylation sites (tertiary alicyclic amines) is 1. The van der Waals surface area contributed by atoms with E-state index in [-0.39, 0.29) is 0 Å². The Labute approximate surface area is 100 Å². The van der Waals surface area contributed by atoms with Crippen molar-refractivity contribution in [3.63, 3.8) is 0 Å². The second kappa shape index (κ2) is 5.83. The standard InChI is InChI=1S/C14H26N2/c1-3-9-16-10-7-13(8-11-16)15-14(4-2)12-5-6-12/h3,12-15H,1,4-11H2,2H3. The lowest BCUT2D eigenvalue weighted by Crippen LogP contribution is -2.46. The molecule has 0 amide bonds. The van der Waals surface area contributed by atoms with Gasteiger partial charge in [-0.2, -0.15) is 0 Å². The molecule has 2 fully saturated rings. The SMILES string of the molecule is C=CCN1CCC(NC(CC)C2CC2)CC1. The smallest absolute Gasteiger partial charge is 0.0160 e. The Morgan fingerprint density at radius 1 is 1.31 bits per heavy atom. The van der Waals surface area contributed by atoms with Crippen molar-refractivity contribution in [3.8, 4) is 0 Å². The Balaban J connectivity index is 1.69. The van der Waals surface area contributed by atoms with Crippen LogP contribution in [-0.2, 0) is 0 Å². The molecule has 1 N–H and O–H groups in total. The number of hydrogen-bond acceptors (Lipinski definition) is 2. The van der Waals surface area contributed by atoms with E-state index >= 15 is 0 Å². The highest BCUT2D eigenvalue weighted by atomic mass is 15.1. The van der Waals surface area contributed by atoms with E-state index < -0.39 is 0 Å². The molecular formula is C14H26N2. The van der Waals surface area contributed by atoms with Crippen molar-refractivity contribution in [2.75, 3.05) is 19.6 Å². The average Bonchev–Trinajstić information content (AvgIpc) is 3.12. The minimum atomic E-state index is 0.770. The van der Waals surface area contributed by atoms with Gasteiger partial charge in [-0.15, -0.1) is 6.58 Å². The summed E-state index contributed by atoms with van der Waals surface area (Å²) in [5.41, 5.74) is 0. The summed E-state index contributed by atoms with van der Waals surface area (Å²) in [5.74, 6) is 0.996. The van der Waals surface area contributed by atoms with Crippen molar-refractivity contribution in [3.05, 3.63) is 12.7 Å². The second-order valence-electron chi connectivity index (χ2n) is 5.38. The first-order valence-electron chi connectivity index (χ1n) is 6.92.